The van der Waals surface area contributed by atoms with Gasteiger partial charge in [0.05, 0.1) is 0 Å². The van der Waals surface area contributed by atoms with E-state index in [9.17, 15) is 0 Å². The molecule has 1 aliphatic heterocycles. The second kappa shape index (κ2) is 0.874. The summed E-state index contributed by atoms with van der Waals surface area (Å²) < 4.78 is 0. The number of hydrogen-bond donors (Lipinski definition) is 1. The first-order valence-corrected chi connectivity index (χ1v) is 1.32. The molecule has 5 nitrogen and oxygen atoms in total. The Kier molecular flexibility index (Phi) is 0.436. The van der Waals surface area contributed by atoms with Crippen molar-refractivity contribution >= 4 is 5.96 Å². The first-order chi connectivity index (χ1) is 2.93. The van der Waals surface area contributed by atoms with E-state index in [2.05, 4.69) is 20.6 Å². The largest absolute Gasteiger partial charge is 0.256 e. The topological polar surface area (TPSA) is 83.1 Å². The van der Waals surface area contributed by atoms with Crippen LogP contribution in [0.15, 0.2) is 10.2 Å². The lowest BCUT2D eigenvalue weighted by Gasteiger charge is -1.51. The molecule has 0 radical (unpaired) electrons. The minimum Gasteiger partial charge on any atom is -0.256 e. The zero-order chi connectivity index (χ0) is 4.41. The molecule has 0 aromatic rings. The van der Waals surface area contributed by atoms with E-state index in [0.717, 1.165) is 0 Å². The number of guanidine groups is 1. The fourth-order valence-corrected chi connectivity index (χ4v) is 0.112. The number of rotatable bonds is 0. The molecule has 0 aromatic heterocycles. The zero-order valence-electron chi connectivity index (χ0n) is 2.79. The number of hydrogen-bond acceptors (Lipinski definition) is 3. The molecule has 0 aliphatic carbocycles. The first-order valence-electron chi connectivity index (χ1n) is 1.32. The smallest absolute Gasteiger partial charge is 0.230 e. The van der Waals surface area contributed by atoms with E-state index < -0.39 is 0 Å². The summed E-state index contributed by atoms with van der Waals surface area (Å²) >= 11 is 0. The number of hydrazone groups is 1. The summed E-state index contributed by atoms with van der Waals surface area (Å²) in [6, 6.07) is 0. The van der Waals surface area contributed by atoms with Crippen LogP contribution in [0, 0.1) is 0 Å². The Balaban J connectivity index is 2.54. The van der Waals surface area contributed by atoms with Gasteiger partial charge in [0.15, 0.2) is 0 Å². The Labute approximate surface area is 33.3 Å². The summed E-state index contributed by atoms with van der Waals surface area (Å²) in [5, 5.41) is 6.39. The van der Waals surface area contributed by atoms with E-state index >= 15 is 0 Å². The highest BCUT2D eigenvalue weighted by Crippen LogP contribution is 1.85. The van der Waals surface area contributed by atoms with Gasteiger partial charge in [0.25, 0.3) is 0 Å². The van der Waals surface area contributed by atoms with Gasteiger partial charge in [0, 0.05) is 4.91 Å². The molecular formula is CHN5. The third-order valence-electron chi connectivity index (χ3n) is 0.351. The average Bonchev–Trinajstić information content (AvgIpc) is 2.21. The zero-order valence-corrected chi connectivity index (χ0v) is 2.79. The molecule has 0 saturated carbocycles. The Hall–Kier alpha value is -1.22. The Bertz CT molecular complexity index is 127. The van der Waals surface area contributed by atoms with Gasteiger partial charge in [-0.25, -0.2) is 0 Å². The minimum atomic E-state index is 0.373. The van der Waals surface area contributed by atoms with Crippen molar-refractivity contribution in [2.75, 3.05) is 0 Å². The summed E-state index contributed by atoms with van der Waals surface area (Å²) in [5.74, 6) is 0.373. The lowest BCUT2D eigenvalue weighted by atomic mass is 11.2. The highest BCUT2D eigenvalue weighted by atomic mass is 15.6. The van der Waals surface area contributed by atoms with Crippen molar-refractivity contribution in [1.29, 1.82) is 0 Å². The van der Waals surface area contributed by atoms with E-state index in [0.29, 0.717) is 5.96 Å². The highest BCUT2D eigenvalue weighted by Gasteiger charge is 2.01. The van der Waals surface area contributed by atoms with Crippen LogP contribution in [0.4, 0.5) is 0 Å². The van der Waals surface area contributed by atoms with Crippen LogP contribution >= 0.6 is 0 Å². The van der Waals surface area contributed by atoms with Crippen molar-refractivity contribution in [2.45, 2.75) is 0 Å². The van der Waals surface area contributed by atoms with E-state index in [-0.39, 0.29) is 0 Å². The third-order valence-corrected chi connectivity index (χ3v) is 0.351. The molecule has 1 N–H and O–H groups in total. The molecular weight excluding hydrogens is 82.0 g/mol. The summed E-state index contributed by atoms with van der Waals surface area (Å²) in [7, 11) is 0. The van der Waals surface area contributed by atoms with Crippen molar-refractivity contribution in [1.82, 2.24) is 5.43 Å². The van der Waals surface area contributed by atoms with Gasteiger partial charge in [-0.15, -0.1) is 0 Å². The quantitative estimate of drug-likeness (QED) is 0.252. The van der Waals surface area contributed by atoms with Crippen LogP contribution < -0.4 is 5.43 Å². The SMILES string of the molecule is [N-]=[N+]=NC1=NN1. The van der Waals surface area contributed by atoms with Crippen molar-refractivity contribution in [3.63, 3.8) is 0 Å². The second-order valence-corrected chi connectivity index (χ2v) is 0.737. The maximum atomic E-state index is 7.61. The van der Waals surface area contributed by atoms with Gasteiger partial charge in [-0.05, 0) is 10.6 Å². The monoisotopic (exact) mass is 83.0 g/mol. The maximum absolute atomic E-state index is 7.61. The lowest BCUT2D eigenvalue weighted by Crippen LogP contribution is -1.81. The van der Waals surface area contributed by atoms with E-state index in [4.69, 9.17) is 5.53 Å². The van der Waals surface area contributed by atoms with Gasteiger partial charge >= 0.3 is 0 Å². The molecule has 0 saturated heterocycles. The van der Waals surface area contributed by atoms with Crippen LogP contribution in [0.2, 0.25) is 0 Å². The van der Waals surface area contributed by atoms with Gasteiger partial charge < -0.3 is 0 Å². The second-order valence-electron chi connectivity index (χ2n) is 0.737. The molecule has 0 atom stereocenters. The predicted octanol–water partition coefficient (Wildman–Crippen LogP) is 0.171. The van der Waals surface area contributed by atoms with Crippen molar-refractivity contribution in [2.24, 2.45) is 10.2 Å². The lowest BCUT2D eigenvalue weighted by molar-refractivity contribution is 1.25. The fraction of sp³-hybridized carbons (Fsp3) is 0. The molecule has 0 unspecified atom stereocenters. The molecule has 0 bridgehead atoms. The fourth-order valence-electron chi connectivity index (χ4n) is 0.112. The summed E-state index contributed by atoms with van der Waals surface area (Å²) in [4.78, 5) is 2.43. The molecule has 0 spiro atoms. The predicted molar refractivity (Wildman–Crippen MR) is 19.7 cm³/mol. The van der Waals surface area contributed by atoms with Gasteiger partial charge in [0.1, 0.15) is 0 Å². The van der Waals surface area contributed by atoms with Gasteiger partial charge in [0.2, 0.25) is 5.96 Å². The molecule has 30 valence electrons. The molecule has 1 aliphatic rings. The highest BCUT2D eigenvalue weighted by molar-refractivity contribution is 5.88. The van der Waals surface area contributed by atoms with Crippen molar-refractivity contribution in [3.8, 4) is 0 Å². The van der Waals surface area contributed by atoms with Crippen LogP contribution in [0.1, 0.15) is 0 Å². The van der Waals surface area contributed by atoms with Gasteiger partial charge in [-0.1, -0.05) is 0 Å². The first kappa shape index (κ1) is 2.99. The third kappa shape index (κ3) is 0.386. The molecule has 6 heavy (non-hydrogen) atoms. The number of nitrogens with zero attached hydrogens (tertiary/aromatic N) is 4. The van der Waals surface area contributed by atoms with Gasteiger partial charge in [-0.3, -0.25) is 5.43 Å². The number of nitrogens with one attached hydrogen (secondary N) is 1. The molecule has 1 rings (SSSR count). The minimum absolute atomic E-state index is 0.373. The summed E-state index contributed by atoms with van der Waals surface area (Å²) in [6.45, 7) is 0. The van der Waals surface area contributed by atoms with Crippen LogP contribution in [-0.4, -0.2) is 5.96 Å². The van der Waals surface area contributed by atoms with Crippen LogP contribution in [0.5, 0.6) is 0 Å². The van der Waals surface area contributed by atoms with Gasteiger partial charge in [-0.2, -0.15) is 5.10 Å². The Morgan fingerprint density at radius 3 is 2.83 bits per heavy atom. The van der Waals surface area contributed by atoms with Crippen molar-refractivity contribution < 1.29 is 0 Å². The maximum Gasteiger partial charge on any atom is 0.230 e. The molecule has 5 heteroatoms. The Morgan fingerprint density at radius 1 is 2.00 bits per heavy atom. The van der Waals surface area contributed by atoms with Crippen LogP contribution in [0.3, 0.4) is 0 Å². The standard InChI is InChI=1S/CHN5/c2-6-5-1-3-4-1/h(H,3,4). The average molecular weight is 83.1 g/mol. The van der Waals surface area contributed by atoms with E-state index in [1.807, 2.05) is 0 Å². The van der Waals surface area contributed by atoms with E-state index in [1.165, 1.54) is 0 Å². The summed E-state index contributed by atoms with van der Waals surface area (Å²) in [5.41, 5.74) is 9.97. The molecule has 0 amide bonds. The van der Waals surface area contributed by atoms with Crippen LogP contribution in [0.25, 0.3) is 10.4 Å². The Morgan fingerprint density at radius 2 is 2.67 bits per heavy atom. The normalized spacial score (nSPS) is 13.7. The molecule has 0 aromatic carbocycles. The van der Waals surface area contributed by atoms with Crippen LogP contribution in [-0.2, 0) is 0 Å². The molecule has 1 heterocycles. The number of azide groups is 1. The van der Waals surface area contributed by atoms with E-state index in [1.54, 1.807) is 0 Å². The molecule has 0 fully saturated rings. The summed E-state index contributed by atoms with van der Waals surface area (Å²) in [6.07, 6.45) is 0. The van der Waals surface area contributed by atoms with Crippen molar-refractivity contribution in [3.05, 3.63) is 10.4 Å².